The summed E-state index contributed by atoms with van der Waals surface area (Å²) in [5.74, 6) is -0.272. The minimum absolute atomic E-state index is 0.00665. The van der Waals surface area contributed by atoms with E-state index in [0.29, 0.717) is 10.6 Å². The highest BCUT2D eigenvalue weighted by molar-refractivity contribution is 7.89. The lowest BCUT2D eigenvalue weighted by atomic mass is 10.1. The number of anilines is 1. The number of amides is 1. The largest absolute Gasteiger partial charge is 0.308 e. The molecule has 5 nitrogen and oxygen atoms in total. The molecule has 0 spiro atoms. The number of nitrogens with one attached hydrogen (secondary N) is 1. The predicted molar refractivity (Wildman–Crippen MR) is 98.5 cm³/mol. The van der Waals surface area contributed by atoms with Gasteiger partial charge in [-0.25, -0.2) is 13.1 Å². The van der Waals surface area contributed by atoms with Gasteiger partial charge in [-0.3, -0.25) is 4.79 Å². The SMILES string of the molecule is Cc1cc(S(=O)(=O)NCC(=O)N2c3ccccc3CC2C)ccc1Cl. The Labute approximate surface area is 152 Å². The van der Waals surface area contributed by atoms with E-state index in [1.807, 2.05) is 31.2 Å². The first-order valence-electron chi connectivity index (χ1n) is 7.95. The molecule has 1 amide bonds. The summed E-state index contributed by atoms with van der Waals surface area (Å²) in [4.78, 5) is 14.3. The van der Waals surface area contributed by atoms with Gasteiger partial charge in [0.05, 0.1) is 11.4 Å². The zero-order chi connectivity index (χ0) is 18.2. The third kappa shape index (κ3) is 3.56. The second-order valence-corrected chi connectivity index (χ2v) is 8.36. The molecule has 1 heterocycles. The van der Waals surface area contributed by atoms with Gasteiger partial charge >= 0.3 is 0 Å². The van der Waals surface area contributed by atoms with E-state index in [1.165, 1.54) is 18.2 Å². The Morgan fingerprint density at radius 1 is 1.28 bits per heavy atom. The molecule has 132 valence electrons. The number of nitrogens with zero attached hydrogens (tertiary/aromatic N) is 1. The van der Waals surface area contributed by atoms with Gasteiger partial charge in [0.2, 0.25) is 15.9 Å². The number of aryl methyl sites for hydroxylation is 1. The highest BCUT2D eigenvalue weighted by Gasteiger charge is 2.31. The Morgan fingerprint density at radius 2 is 2.00 bits per heavy atom. The Morgan fingerprint density at radius 3 is 2.72 bits per heavy atom. The molecule has 0 fully saturated rings. The Bertz CT molecular complexity index is 928. The fourth-order valence-electron chi connectivity index (χ4n) is 3.06. The predicted octanol–water partition coefficient (Wildman–Crippen LogP) is 2.90. The first-order chi connectivity index (χ1) is 11.8. The second kappa shape index (κ2) is 6.78. The maximum Gasteiger partial charge on any atom is 0.242 e. The van der Waals surface area contributed by atoms with Crippen molar-refractivity contribution in [2.75, 3.05) is 11.4 Å². The van der Waals surface area contributed by atoms with Gasteiger partial charge in [-0.2, -0.15) is 0 Å². The van der Waals surface area contributed by atoms with E-state index in [0.717, 1.165) is 17.7 Å². The van der Waals surface area contributed by atoms with Crippen LogP contribution < -0.4 is 9.62 Å². The minimum atomic E-state index is -3.78. The molecule has 0 radical (unpaired) electrons. The lowest BCUT2D eigenvalue weighted by molar-refractivity contribution is -0.117. The monoisotopic (exact) mass is 378 g/mol. The number of hydrogen-bond donors (Lipinski definition) is 1. The molecule has 2 aromatic rings. The van der Waals surface area contributed by atoms with Gasteiger partial charge in [0.25, 0.3) is 0 Å². The van der Waals surface area contributed by atoms with E-state index in [1.54, 1.807) is 11.8 Å². The van der Waals surface area contributed by atoms with E-state index in [9.17, 15) is 13.2 Å². The molecular weight excluding hydrogens is 360 g/mol. The fourth-order valence-corrected chi connectivity index (χ4v) is 4.23. The number of fused-ring (bicyclic) bond motifs is 1. The van der Waals surface area contributed by atoms with Crippen LogP contribution in [0.3, 0.4) is 0 Å². The molecular formula is C18H19ClN2O3S. The maximum absolute atomic E-state index is 12.6. The van der Waals surface area contributed by atoms with Gasteiger partial charge in [0.15, 0.2) is 0 Å². The standard InChI is InChI=1S/C18H19ClN2O3S/c1-12-9-15(7-8-16(12)19)25(23,24)20-11-18(22)21-13(2)10-14-5-3-4-6-17(14)21/h3-9,13,20H,10-11H2,1-2H3. The highest BCUT2D eigenvalue weighted by atomic mass is 35.5. The topological polar surface area (TPSA) is 66.5 Å². The molecule has 1 aliphatic heterocycles. The van der Waals surface area contributed by atoms with Crippen LogP contribution in [0.5, 0.6) is 0 Å². The fraction of sp³-hybridized carbons (Fsp3) is 0.278. The van der Waals surface area contributed by atoms with Crippen molar-refractivity contribution in [1.82, 2.24) is 4.72 Å². The molecule has 0 aromatic heterocycles. The molecule has 0 bridgehead atoms. The first-order valence-corrected chi connectivity index (χ1v) is 9.81. The van der Waals surface area contributed by atoms with Gasteiger partial charge in [-0.1, -0.05) is 29.8 Å². The van der Waals surface area contributed by atoms with Gasteiger partial charge in [-0.05, 0) is 55.7 Å². The summed E-state index contributed by atoms with van der Waals surface area (Å²) in [6.45, 7) is 3.40. The van der Waals surface area contributed by atoms with Crippen LogP contribution in [0.15, 0.2) is 47.4 Å². The second-order valence-electron chi connectivity index (χ2n) is 6.18. The molecule has 25 heavy (non-hydrogen) atoms. The molecule has 1 atom stereocenters. The van der Waals surface area contributed by atoms with Crippen molar-refractivity contribution < 1.29 is 13.2 Å². The van der Waals surface area contributed by atoms with Gasteiger partial charge in [0.1, 0.15) is 0 Å². The zero-order valence-corrected chi connectivity index (χ0v) is 15.6. The number of para-hydroxylation sites is 1. The maximum atomic E-state index is 12.6. The van der Waals surface area contributed by atoms with E-state index in [-0.39, 0.29) is 23.4 Å². The normalized spacial score (nSPS) is 16.8. The number of carbonyl (C=O) groups excluding carboxylic acids is 1. The summed E-state index contributed by atoms with van der Waals surface area (Å²) in [5.41, 5.74) is 2.61. The zero-order valence-electron chi connectivity index (χ0n) is 14.0. The first kappa shape index (κ1) is 17.9. The summed E-state index contributed by atoms with van der Waals surface area (Å²) in [6.07, 6.45) is 0.769. The number of carbonyl (C=O) groups is 1. The third-order valence-electron chi connectivity index (χ3n) is 4.33. The van der Waals surface area contributed by atoms with Gasteiger partial charge in [0, 0.05) is 16.8 Å². The molecule has 3 rings (SSSR count). The van der Waals surface area contributed by atoms with Crippen LogP contribution in [0.25, 0.3) is 0 Å². The quantitative estimate of drug-likeness (QED) is 0.889. The molecule has 1 N–H and O–H groups in total. The molecule has 0 saturated heterocycles. The van der Waals surface area contributed by atoms with E-state index < -0.39 is 10.0 Å². The number of benzene rings is 2. The van der Waals surface area contributed by atoms with Crippen molar-refractivity contribution in [1.29, 1.82) is 0 Å². The Kier molecular flexibility index (Phi) is 4.86. The van der Waals surface area contributed by atoms with Crippen LogP contribution in [0.2, 0.25) is 5.02 Å². The smallest absolute Gasteiger partial charge is 0.242 e. The average Bonchev–Trinajstić information content (AvgIpc) is 2.91. The molecule has 1 unspecified atom stereocenters. The van der Waals surface area contributed by atoms with Crippen LogP contribution in [0.1, 0.15) is 18.1 Å². The molecule has 2 aromatic carbocycles. The van der Waals surface area contributed by atoms with Gasteiger partial charge in [-0.15, -0.1) is 0 Å². The van der Waals surface area contributed by atoms with Crippen molar-refractivity contribution in [3.8, 4) is 0 Å². The van der Waals surface area contributed by atoms with Crippen LogP contribution in [0.4, 0.5) is 5.69 Å². The van der Waals surface area contributed by atoms with Crippen molar-refractivity contribution in [2.24, 2.45) is 0 Å². The van der Waals surface area contributed by atoms with E-state index in [2.05, 4.69) is 4.72 Å². The molecule has 0 saturated carbocycles. The molecule has 0 aliphatic carbocycles. The highest BCUT2D eigenvalue weighted by Crippen LogP contribution is 2.31. The van der Waals surface area contributed by atoms with Gasteiger partial charge < -0.3 is 4.90 Å². The molecule has 7 heteroatoms. The molecule has 1 aliphatic rings. The summed E-state index contributed by atoms with van der Waals surface area (Å²) in [5, 5.41) is 0.498. The van der Waals surface area contributed by atoms with Crippen LogP contribution in [0, 0.1) is 6.92 Å². The minimum Gasteiger partial charge on any atom is -0.308 e. The van der Waals surface area contributed by atoms with Crippen molar-refractivity contribution in [3.05, 3.63) is 58.6 Å². The number of rotatable bonds is 4. The van der Waals surface area contributed by atoms with Crippen LogP contribution in [-0.4, -0.2) is 26.9 Å². The van der Waals surface area contributed by atoms with Crippen molar-refractivity contribution in [2.45, 2.75) is 31.2 Å². The third-order valence-corrected chi connectivity index (χ3v) is 6.15. The van der Waals surface area contributed by atoms with E-state index >= 15 is 0 Å². The number of halogens is 1. The van der Waals surface area contributed by atoms with Crippen LogP contribution >= 0.6 is 11.6 Å². The lowest BCUT2D eigenvalue weighted by Crippen LogP contribution is -2.43. The summed E-state index contributed by atoms with van der Waals surface area (Å²) < 4.78 is 27.2. The summed E-state index contributed by atoms with van der Waals surface area (Å²) in [7, 11) is -3.78. The Hall–Kier alpha value is -1.89. The van der Waals surface area contributed by atoms with Crippen molar-refractivity contribution in [3.63, 3.8) is 0 Å². The number of sulfonamides is 1. The van der Waals surface area contributed by atoms with Crippen LogP contribution in [-0.2, 0) is 21.2 Å². The van der Waals surface area contributed by atoms with E-state index in [4.69, 9.17) is 11.6 Å². The Balaban J connectivity index is 1.75. The summed E-state index contributed by atoms with van der Waals surface area (Å²) >= 11 is 5.93. The average molecular weight is 379 g/mol. The number of hydrogen-bond acceptors (Lipinski definition) is 3. The van der Waals surface area contributed by atoms with Crippen molar-refractivity contribution >= 4 is 33.2 Å². The summed E-state index contributed by atoms with van der Waals surface area (Å²) in [6, 6.07) is 12.1. The lowest BCUT2D eigenvalue weighted by Gasteiger charge is -2.23.